The van der Waals surface area contributed by atoms with Gasteiger partial charge in [0.05, 0.1) is 22.3 Å². The number of hydrogen-bond acceptors (Lipinski definition) is 6. The van der Waals surface area contributed by atoms with Gasteiger partial charge < -0.3 is 10.1 Å². The van der Waals surface area contributed by atoms with Gasteiger partial charge in [-0.05, 0) is 50.2 Å². The summed E-state index contributed by atoms with van der Waals surface area (Å²) in [7, 11) is 0. The summed E-state index contributed by atoms with van der Waals surface area (Å²) in [6.07, 6.45) is 0.569. The first kappa shape index (κ1) is 23.1. The average molecular weight is 506 g/mol. The van der Waals surface area contributed by atoms with Crippen LogP contribution in [0.15, 0.2) is 30.5 Å². The van der Waals surface area contributed by atoms with Crippen molar-refractivity contribution in [2.24, 2.45) is 0 Å². The number of hydrogen-bond donors (Lipinski definition) is 1. The van der Waals surface area contributed by atoms with Crippen LogP contribution in [0, 0.1) is 0 Å². The summed E-state index contributed by atoms with van der Waals surface area (Å²) in [5.74, 6) is -0.243. The molecule has 0 spiro atoms. The van der Waals surface area contributed by atoms with E-state index in [1.165, 1.54) is 22.3 Å². The minimum absolute atomic E-state index is 0.138. The first-order valence-electron chi connectivity index (χ1n) is 11.1. The molecule has 34 heavy (non-hydrogen) atoms. The molecule has 2 fully saturated rings. The van der Waals surface area contributed by atoms with Gasteiger partial charge in [-0.25, -0.2) is 8.78 Å². The number of piperidine rings is 1. The fraction of sp³-hybridized carbons (Fsp3) is 0.375. The van der Waals surface area contributed by atoms with Gasteiger partial charge in [0.2, 0.25) is 11.8 Å². The Morgan fingerprint density at radius 1 is 1.15 bits per heavy atom. The van der Waals surface area contributed by atoms with Gasteiger partial charge in [-0.15, -0.1) is 11.3 Å². The van der Waals surface area contributed by atoms with Crippen LogP contribution < -0.4 is 10.1 Å². The topological polar surface area (TPSA) is 71.5 Å². The second-order valence-corrected chi connectivity index (χ2v) is 9.97. The van der Waals surface area contributed by atoms with Crippen LogP contribution in [0.1, 0.15) is 42.5 Å². The number of alkyl halides is 2. The van der Waals surface area contributed by atoms with Crippen LogP contribution in [-0.2, 0) is 16.1 Å². The summed E-state index contributed by atoms with van der Waals surface area (Å²) in [6, 6.07) is 6.49. The van der Waals surface area contributed by atoms with Crippen LogP contribution in [0.4, 0.5) is 8.78 Å². The van der Waals surface area contributed by atoms with Gasteiger partial charge in [-0.2, -0.15) is 0 Å². The average Bonchev–Trinajstić information content (AvgIpc) is 3.38. The molecule has 2 aliphatic heterocycles. The number of nitrogens with zero attached hydrogens (tertiary/aromatic N) is 2. The highest BCUT2D eigenvalue weighted by atomic mass is 35.5. The number of halogens is 3. The van der Waals surface area contributed by atoms with Crippen LogP contribution in [0.2, 0.25) is 5.02 Å². The largest absolute Gasteiger partial charge is 0.489 e. The molecule has 0 radical (unpaired) electrons. The number of ether oxygens (including phenoxy) is 1. The highest BCUT2D eigenvalue weighted by molar-refractivity contribution is 7.19. The van der Waals surface area contributed by atoms with E-state index in [0.717, 1.165) is 35.5 Å². The Balaban J connectivity index is 1.59. The molecule has 2 saturated heterocycles. The van der Waals surface area contributed by atoms with Crippen LogP contribution in [0.5, 0.6) is 5.75 Å². The molecule has 0 aliphatic carbocycles. The number of nitrogens with one attached hydrogen (secondary N) is 1. The van der Waals surface area contributed by atoms with Crippen LogP contribution in [0.25, 0.3) is 21.3 Å². The monoisotopic (exact) mass is 505 g/mol. The molecule has 0 bridgehead atoms. The van der Waals surface area contributed by atoms with Gasteiger partial charge in [0, 0.05) is 40.1 Å². The summed E-state index contributed by atoms with van der Waals surface area (Å²) in [5, 5.41) is 3.44. The van der Waals surface area contributed by atoms with E-state index in [9.17, 15) is 18.4 Å². The summed E-state index contributed by atoms with van der Waals surface area (Å²) >= 11 is 7.65. The van der Waals surface area contributed by atoms with Crippen molar-refractivity contribution in [1.82, 2.24) is 15.2 Å². The minimum Gasteiger partial charge on any atom is -0.489 e. The summed E-state index contributed by atoms with van der Waals surface area (Å²) in [4.78, 5) is 30.6. The third kappa shape index (κ3) is 4.52. The highest BCUT2D eigenvalue weighted by Crippen LogP contribution is 2.45. The Morgan fingerprint density at radius 2 is 1.88 bits per heavy atom. The number of amides is 2. The quantitative estimate of drug-likeness (QED) is 0.458. The number of thiophene rings is 1. The molecule has 2 aliphatic rings. The molecule has 4 heterocycles. The van der Waals surface area contributed by atoms with E-state index in [1.54, 1.807) is 18.3 Å². The molecular weight excluding hydrogens is 484 g/mol. The second kappa shape index (κ2) is 9.56. The zero-order chi connectivity index (χ0) is 23.8. The van der Waals surface area contributed by atoms with Crippen molar-refractivity contribution >= 4 is 45.0 Å². The van der Waals surface area contributed by atoms with Crippen LogP contribution in [0.3, 0.4) is 0 Å². The first-order valence-corrected chi connectivity index (χ1v) is 12.3. The van der Waals surface area contributed by atoms with Gasteiger partial charge in [-0.1, -0.05) is 11.6 Å². The van der Waals surface area contributed by atoms with Crippen molar-refractivity contribution < 1.29 is 23.1 Å². The Hall–Kier alpha value is -2.62. The molecule has 1 aromatic carbocycles. The second-order valence-electron chi connectivity index (χ2n) is 8.40. The Morgan fingerprint density at radius 3 is 2.59 bits per heavy atom. The Labute approximate surface area is 203 Å². The molecule has 178 valence electrons. The molecule has 2 aromatic heterocycles. The van der Waals surface area contributed by atoms with Crippen molar-refractivity contribution in [2.75, 3.05) is 13.1 Å². The number of aromatic nitrogens is 1. The molecule has 5 rings (SSSR count). The third-order valence-corrected chi connectivity index (χ3v) is 7.47. The number of pyridine rings is 1. The normalized spacial score (nSPS) is 17.4. The number of likely N-dealkylation sites (tertiary alicyclic amines) is 1. The molecule has 0 atom stereocenters. The summed E-state index contributed by atoms with van der Waals surface area (Å²) < 4.78 is 35.0. The fourth-order valence-corrected chi connectivity index (χ4v) is 5.78. The van der Waals surface area contributed by atoms with Gasteiger partial charge in [0.15, 0.2) is 0 Å². The maximum absolute atomic E-state index is 14.0. The van der Waals surface area contributed by atoms with Crippen LogP contribution in [-0.4, -0.2) is 40.9 Å². The lowest BCUT2D eigenvalue weighted by Gasteiger charge is -2.26. The van der Waals surface area contributed by atoms with Crippen molar-refractivity contribution in [3.63, 3.8) is 0 Å². The van der Waals surface area contributed by atoms with E-state index in [1.807, 2.05) is 6.07 Å². The van der Waals surface area contributed by atoms with Gasteiger partial charge >= 0.3 is 0 Å². The molecule has 0 saturated carbocycles. The molecule has 10 heteroatoms. The van der Waals surface area contributed by atoms with Crippen molar-refractivity contribution in [2.45, 2.75) is 44.8 Å². The lowest BCUT2D eigenvalue weighted by molar-refractivity contribution is -0.138. The number of imide groups is 1. The number of carbonyl (C=O) groups is 2. The Kier molecular flexibility index (Phi) is 6.50. The molecule has 6 nitrogen and oxygen atoms in total. The van der Waals surface area contributed by atoms with Gasteiger partial charge in [0.1, 0.15) is 11.9 Å². The van der Waals surface area contributed by atoms with E-state index in [2.05, 4.69) is 10.3 Å². The van der Waals surface area contributed by atoms with Crippen molar-refractivity contribution in [3.8, 4) is 16.9 Å². The van der Waals surface area contributed by atoms with E-state index < -0.39 is 6.43 Å². The molecule has 0 unspecified atom stereocenters. The van der Waals surface area contributed by atoms with E-state index in [0.29, 0.717) is 16.6 Å². The lowest BCUT2D eigenvalue weighted by atomic mass is 10.0. The zero-order valence-corrected chi connectivity index (χ0v) is 19.7. The zero-order valence-electron chi connectivity index (χ0n) is 18.2. The maximum atomic E-state index is 14.0. The van der Waals surface area contributed by atoms with Crippen molar-refractivity contribution in [3.05, 3.63) is 45.9 Å². The minimum atomic E-state index is -2.75. The SMILES string of the molecule is O=C1CCC(=O)N1Cc1cc2nccc(-c3cc(Cl)cc(C(F)F)c3OC3CCNCC3)c2s1. The molecule has 2 amide bonds. The summed E-state index contributed by atoms with van der Waals surface area (Å²) in [5.41, 5.74) is 1.57. The number of benzene rings is 1. The lowest BCUT2D eigenvalue weighted by Crippen LogP contribution is -2.34. The van der Waals surface area contributed by atoms with E-state index in [4.69, 9.17) is 16.3 Å². The predicted octanol–water partition coefficient (Wildman–Crippen LogP) is 5.33. The smallest absolute Gasteiger partial charge is 0.267 e. The summed E-state index contributed by atoms with van der Waals surface area (Å²) in [6.45, 7) is 1.70. The van der Waals surface area contributed by atoms with Gasteiger partial charge in [0.25, 0.3) is 6.43 Å². The molecular formula is C24H22ClF2N3O3S. The fourth-order valence-electron chi connectivity index (χ4n) is 4.42. The van der Waals surface area contributed by atoms with E-state index in [-0.39, 0.29) is 53.6 Å². The first-order chi connectivity index (χ1) is 16.4. The molecule has 1 N–H and O–H groups in total. The van der Waals surface area contributed by atoms with Gasteiger partial charge in [-0.3, -0.25) is 19.5 Å². The molecule has 3 aromatic rings. The van der Waals surface area contributed by atoms with Crippen molar-refractivity contribution in [1.29, 1.82) is 0 Å². The maximum Gasteiger partial charge on any atom is 0.267 e. The highest BCUT2D eigenvalue weighted by Gasteiger charge is 2.30. The standard InChI is InChI=1S/C24H22ClF2N3O3S/c25-13-9-17(22(18(10-13)24(26)27)33-14-3-6-28-7-4-14)16-5-8-29-19-11-15(34-23(16)19)12-30-20(31)1-2-21(30)32/h5,8-11,14,24,28H,1-4,6-7,12H2. The van der Waals surface area contributed by atoms with Crippen LogP contribution >= 0.6 is 22.9 Å². The number of fused-ring (bicyclic) bond motifs is 1. The number of carbonyl (C=O) groups excluding carboxylic acids is 2. The van der Waals surface area contributed by atoms with E-state index >= 15 is 0 Å². The third-order valence-electron chi connectivity index (χ3n) is 6.11. The Bertz CT molecular complexity index is 1240. The number of rotatable bonds is 6. The predicted molar refractivity (Wildman–Crippen MR) is 126 cm³/mol.